The number of rotatable bonds is 3. The first-order valence-corrected chi connectivity index (χ1v) is 11.7. The van der Waals surface area contributed by atoms with E-state index in [0.717, 1.165) is 24.2 Å². The van der Waals surface area contributed by atoms with Gasteiger partial charge in [-0.05, 0) is 36.6 Å². The molecule has 4 rings (SSSR count). The molecule has 0 saturated carbocycles. The molecule has 1 N–H and O–H groups in total. The largest absolute Gasteiger partial charge is 0.334 e. The Balaban J connectivity index is 1.38. The van der Waals surface area contributed by atoms with Crippen LogP contribution in [-0.2, 0) is 6.54 Å². The van der Waals surface area contributed by atoms with E-state index in [9.17, 15) is 9.59 Å². The normalized spacial score (nSPS) is 17.9. The third-order valence-corrected chi connectivity index (χ3v) is 8.00. The van der Waals surface area contributed by atoms with E-state index in [1.807, 2.05) is 51.9 Å². The van der Waals surface area contributed by atoms with Gasteiger partial charge in [0.2, 0.25) is 0 Å². The quantitative estimate of drug-likeness (QED) is 0.704. The first-order valence-electron chi connectivity index (χ1n) is 9.96. The molecule has 2 aliphatic rings. The number of carbonyl (C=O) groups is 2. The highest BCUT2D eigenvalue weighted by Gasteiger charge is 2.47. The van der Waals surface area contributed by atoms with Crippen molar-refractivity contribution in [2.45, 2.75) is 24.3 Å². The molecule has 158 valence electrons. The number of thioether (sulfide) groups is 1. The van der Waals surface area contributed by atoms with E-state index in [0.29, 0.717) is 41.8 Å². The number of hydrogen-bond acceptors (Lipinski definition) is 3. The van der Waals surface area contributed by atoms with Crippen LogP contribution < -0.4 is 5.32 Å². The van der Waals surface area contributed by atoms with Crippen molar-refractivity contribution in [1.29, 1.82) is 0 Å². The maximum atomic E-state index is 13.2. The smallest absolute Gasteiger partial charge is 0.317 e. The van der Waals surface area contributed by atoms with E-state index >= 15 is 0 Å². The second-order valence-corrected chi connectivity index (χ2v) is 9.78. The summed E-state index contributed by atoms with van der Waals surface area (Å²) < 4.78 is 0. The predicted octanol–water partition coefficient (Wildman–Crippen LogP) is 4.88. The zero-order valence-corrected chi connectivity index (χ0v) is 18.8. The SMILES string of the molecule is O=C(NCc1ccccc1)N1CCC2(CC1)SCCN2C(=O)c1ccc(Cl)c(Cl)c1. The Labute approximate surface area is 190 Å². The first-order chi connectivity index (χ1) is 14.5. The van der Waals surface area contributed by atoms with Crippen molar-refractivity contribution < 1.29 is 9.59 Å². The predicted molar refractivity (Wildman–Crippen MR) is 122 cm³/mol. The Morgan fingerprint density at radius 2 is 1.73 bits per heavy atom. The van der Waals surface area contributed by atoms with Gasteiger partial charge in [0.1, 0.15) is 0 Å². The third kappa shape index (κ3) is 4.41. The Bertz CT molecular complexity index is 933. The molecule has 1 spiro atoms. The van der Waals surface area contributed by atoms with Gasteiger partial charge in [-0.1, -0.05) is 53.5 Å². The summed E-state index contributed by atoms with van der Waals surface area (Å²) in [6.45, 7) is 2.46. The van der Waals surface area contributed by atoms with Gasteiger partial charge >= 0.3 is 6.03 Å². The van der Waals surface area contributed by atoms with Crippen LogP contribution in [0.5, 0.6) is 0 Å². The summed E-state index contributed by atoms with van der Waals surface area (Å²) in [5, 5.41) is 3.81. The van der Waals surface area contributed by atoms with E-state index < -0.39 is 0 Å². The molecular formula is C22H23Cl2N3O2S. The van der Waals surface area contributed by atoms with Crippen molar-refractivity contribution in [3.05, 3.63) is 69.7 Å². The van der Waals surface area contributed by atoms with Crippen LogP contribution in [0.25, 0.3) is 0 Å². The summed E-state index contributed by atoms with van der Waals surface area (Å²) in [5.41, 5.74) is 1.62. The second kappa shape index (κ2) is 9.08. The van der Waals surface area contributed by atoms with Crippen molar-refractivity contribution >= 4 is 46.9 Å². The van der Waals surface area contributed by atoms with Crippen molar-refractivity contribution in [2.24, 2.45) is 0 Å². The molecule has 2 fully saturated rings. The average molecular weight is 464 g/mol. The highest BCUT2D eigenvalue weighted by Crippen LogP contribution is 2.44. The van der Waals surface area contributed by atoms with Gasteiger partial charge in [-0.2, -0.15) is 0 Å². The maximum absolute atomic E-state index is 13.2. The zero-order valence-electron chi connectivity index (χ0n) is 16.4. The van der Waals surface area contributed by atoms with Gasteiger partial charge in [-0.25, -0.2) is 4.79 Å². The minimum absolute atomic E-state index is 0.0273. The molecule has 0 aromatic heterocycles. The van der Waals surface area contributed by atoms with E-state index in [1.165, 1.54) is 0 Å². The van der Waals surface area contributed by atoms with Gasteiger partial charge < -0.3 is 15.1 Å². The minimum atomic E-state index is -0.264. The van der Waals surface area contributed by atoms with Crippen molar-refractivity contribution in [1.82, 2.24) is 15.1 Å². The van der Waals surface area contributed by atoms with Gasteiger partial charge in [-0.3, -0.25) is 4.79 Å². The Hall–Kier alpha value is -1.89. The number of carbonyl (C=O) groups excluding carboxylic acids is 2. The fourth-order valence-corrected chi connectivity index (χ4v) is 5.79. The molecule has 8 heteroatoms. The third-order valence-electron chi connectivity index (χ3n) is 5.71. The van der Waals surface area contributed by atoms with Gasteiger partial charge in [0.15, 0.2) is 0 Å². The van der Waals surface area contributed by atoms with Gasteiger partial charge in [0.05, 0.1) is 14.9 Å². The van der Waals surface area contributed by atoms with Crippen LogP contribution in [0.2, 0.25) is 10.0 Å². The number of urea groups is 1. The molecule has 30 heavy (non-hydrogen) atoms. The fourth-order valence-electron chi connectivity index (χ4n) is 4.04. The number of halogens is 2. The Morgan fingerprint density at radius 3 is 2.43 bits per heavy atom. The molecule has 5 nitrogen and oxygen atoms in total. The molecular weight excluding hydrogens is 441 g/mol. The zero-order chi connectivity index (χ0) is 21.1. The minimum Gasteiger partial charge on any atom is -0.334 e. The Kier molecular flexibility index (Phi) is 6.46. The number of hydrogen-bond donors (Lipinski definition) is 1. The van der Waals surface area contributed by atoms with Crippen molar-refractivity contribution in [3.8, 4) is 0 Å². The maximum Gasteiger partial charge on any atom is 0.317 e. The number of nitrogens with one attached hydrogen (secondary N) is 1. The van der Waals surface area contributed by atoms with Gasteiger partial charge in [-0.15, -0.1) is 11.8 Å². The standard InChI is InChI=1S/C22H23Cl2N3O2S/c23-18-7-6-17(14-19(18)24)20(28)27-12-13-30-22(27)8-10-26(11-9-22)21(29)25-15-16-4-2-1-3-5-16/h1-7,14H,8-13,15H2,(H,25,29). The monoisotopic (exact) mass is 463 g/mol. The van der Waals surface area contributed by atoms with Crippen molar-refractivity contribution in [2.75, 3.05) is 25.4 Å². The fraction of sp³-hybridized carbons (Fsp3) is 0.364. The van der Waals surface area contributed by atoms with Crippen LogP contribution in [0.3, 0.4) is 0 Å². The summed E-state index contributed by atoms with van der Waals surface area (Å²) in [4.78, 5) is 29.3. The van der Waals surface area contributed by atoms with Gasteiger partial charge in [0.25, 0.3) is 5.91 Å². The van der Waals surface area contributed by atoms with E-state index in [2.05, 4.69) is 5.32 Å². The van der Waals surface area contributed by atoms with E-state index in [-0.39, 0.29) is 16.8 Å². The van der Waals surface area contributed by atoms with Crippen molar-refractivity contribution in [3.63, 3.8) is 0 Å². The summed E-state index contributed by atoms with van der Waals surface area (Å²) in [5.74, 6) is 0.869. The number of likely N-dealkylation sites (tertiary alicyclic amines) is 1. The molecule has 0 bridgehead atoms. The average Bonchev–Trinajstić information content (AvgIpc) is 3.17. The lowest BCUT2D eigenvalue weighted by atomic mass is 10.0. The lowest BCUT2D eigenvalue weighted by molar-refractivity contribution is 0.0581. The van der Waals surface area contributed by atoms with Crippen LogP contribution >= 0.6 is 35.0 Å². The van der Waals surface area contributed by atoms with Crippen LogP contribution in [0.4, 0.5) is 4.79 Å². The molecule has 3 amide bonds. The summed E-state index contributed by atoms with van der Waals surface area (Å²) >= 11 is 13.9. The van der Waals surface area contributed by atoms with Crippen LogP contribution in [0, 0.1) is 0 Å². The molecule has 0 aliphatic carbocycles. The topological polar surface area (TPSA) is 52.7 Å². The van der Waals surface area contributed by atoms with Crippen LogP contribution in [0.1, 0.15) is 28.8 Å². The number of benzene rings is 2. The number of amides is 3. The lowest BCUT2D eigenvalue weighted by Gasteiger charge is -2.44. The molecule has 2 aromatic carbocycles. The molecule has 2 aliphatic heterocycles. The highest BCUT2D eigenvalue weighted by molar-refractivity contribution is 8.00. The molecule has 2 aromatic rings. The summed E-state index contributed by atoms with van der Waals surface area (Å²) in [6.07, 6.45) is 1.51. The molecule has 0 unspecified atom stereocenters. The molecule has 0 radical (unpaired) electrons. The van der Waals surface area contributed by atoms with Crippen LogP contribution in [-0.4, -0.2) is 52.0 Å². The van der Waals surface area contributed by atoms with Gasteiger partial charge in [0, 0.05) is 37.5 Å². The number of nitrogens with zero attached hydrogens (tertiary/aromatic N) is 2. The summed E-state index contributed by atoms with van der Waals surface area (Å²) in [7, 11) is 0. The first kappa shape index (κ1) is 21.3. The van der Waals surface area contributed by atoms with E-state index in [1.54, 1.807) is 18.2 Å². The Morgan fingerprint density at radius 1 is 1.00 bits per heavy atom. The van der Waals surface area contributed by atoms with Crippen LogP contribution in [0.15, 0.2) is 48.5 Å². The molecule has 2 heterocycles. The number of piperidine rings is 1. The molecule has 2 saturated heterocycles. The molecule has 0 atom stereocenters. The highest BCUT2D eigenvalue weighted by atomic mass is 35.5. The van der Waals surface area contributed by atoms with E-state index in [4.69, 9.17) is 23.2 Å². The lowest BCUT2D eigenvalue weighted by Crippen LogP contribution is -2.55. The summed E-state index contributed by atoms with van der Waals surface area (Å²) in [6, 6.07) is 14.8. The second-order valence-electron chi connectivity index (χ2n) is 7.51.